The number of nitrogen functional groups attached to an aromatic ring is 1. The molecule has 1 heterocycles. The molecule has 0 aliphatic rings. The number of nitrogens with one attached hydrogen (secondary N) is 1. The second-order valence-electron chi connectivity index (χ2n) is 2.70. The van der Waals surface area contributed by atoms with Crippen molar-refractivity contribution in [1.82, 2.24) is 15.2 Å². The summed E-state index contributed by atoms with van der Waals surface area (Å²) in [5.41, 5.74) is 6.34. The van der Waals surface area contributed by atoms with Gasteiger partial charge in [-0.15, -0.1) is 0 Å². The fraction of sp³-hybridized carbons (Fsp3) is 0. The second kappa shape index (κ2) is 4.30. The molecular weight excluding hydrogens is 255 g/mol. The summed E-state index contributed by atoms with van der Waals surface area (Å²) < 4.78 is 0. The van der Waals surface area contributed by atoms with E-state index in [0.29, 0.717) is 20.9 Å². The normalized spacial score (nSPS) is 10.5. The third kappa shape index (κ3) is 2.37. The number of hydrogen-bond donors (Lipinski definition) is 2. The maximum Gasteiger partial charge on any atom is 0.188 e. The van der Waals surface area contributed by atoms with E-state index >= 15 is 0 Å². The van der Waals surface area contributed by atoms with Crippen molar-refractivity contribution >= 4 is 40.7 Å². The lowest BCUT2D eigenvalue weighted by molar-refractivity contribution is 0.973. The van der Waals surface area contributed by atoms with Gasteiger partial charge in [0.15, 0.2) is 5.16 Å². The zero-order valence-corrected chi connectivity index (χ0v) is 9.70. The molecule has 0 spiro atoms. The third-order valence-corrected chi connectivity index (χ3v) is 3.34. The van der Waals surface area contributed by atoms with Gasteiger partial charge in [-0.05, 0) is 23.9 Å². The maximum atomic E-state index is 5.88. The van der Waals surface area contributed by atoms with Gasteiger partial charge in [0.05, 0.1) is 10.0 Å². The molecule has 0 radical (unpaired) electrons. The van der Waals surface area contributed by atoms with Crippen LogP contribution < -0.4 is 5.73 Å². The maximum absolute atomic E-state index is 5.88. The minimum atomic E-state index is 0.441. The van der Waals surface area contributed by atoms with E-state index < -0.39 is 0 Å². The van der Waals surface area contributed by atoms with Crippen molar-refractivity contribution < 1.29 is 0 Å². The predicted octanol–water partition coefficient (Wildman–Crippen LogP) is 2.84. The number of anilines is 1. The van der Waals surface area contributed by atoms with E-state index in [4.69, 9.17) is 28.9 Å². The first kappa shape index (κ1) is 10.6. The van der Waals surface area contributed by atoms with Crippen molar-refractivity contribution in [3.63, 3.8) is 0 Å². The van der Waals surface area contributed by atoms with E-state index in [1.807, 2.05) is 0 Å². The van der Waals surface area contributed by atoms with Gasteiger partial charge in [-0.1, -0.05) is 23.2 Å². The average molecular weight is 261 g/mol. The molecule has 0 saturated carbocycles. The molecule has 2 rings (SSSR count). The lowest BCUT2D eigenvalue weighted by Crippen LogP contribution is -1.89. The second-order valence-corrected chi connectivity index (χ2v) is 4.54. The van der Waals surface area contributed by atoms with Gasteiger partial charge in [-0.3, -0.25) is 5.10 Å². The number of benzene rings is 1. The third-order valence-electron chi connectivity index (χ3n) is 1.65. The quantitative estimate of drug-likeness (QED) is 0.815. The molecule has 0 fully saturated rings. The zero-order valence-electron chi connectivity index (χ0n) is 7.37. The molecule has 15 heavy (non-hydrogen) atoms. The molecule has 0 atom stereocenters. The van der Waals surface area contributed by atoms with Crippen LogP contribution in [0.25, 0.3) is 0 Å². The summed E-state index contributed by atoms with van der Waals surface area (Å²) in [6, 6.07) is 3.31. The molecule has 0 aliphatic heterocycles. The number of halogens is 2. The number of aromatic nitrogens is 3. The minimum Gasteiger partial charge on any atom is -0.398 e. The van der Waals surface area contributed by atoms with Crippen molar-refractivity contribution in [2.45, 2.75) is 10.1 Å². The summed E-state index contributed by atoms with van der Waals surface area (Å²) in [6.45, 7) is 0. The highest BCUT2D eigenvalue weighted by Crippen LogP contribution is 2.35. The Labute approximate surface area is 100 Å². The number of H-pyrrole nitrogens is 1. The van der Waals surface area contributed by atoms with Gasteiger partial charge in [0.25, 0.3) is 0 Å². The van der Waals surface area contributed by atoms with Crippen LogP contribution in [0, 0.1) is 0 Å². The van der Waals surface area contributed by atoms with Gasteiger partial charge in [-0.2, -0.15) is 5.10 Å². The summed E-state index contributed by atoms with van der Waals surface area (Å²) in [5, 5.41) is 8.01. The van der Waals surface area contributed by atoms with E-state index in [1.165, 1.54) is 18.1 Å². The van der Waals surface area contributed by atoms with E-state index in [1.54, 1.807) is 12.1 Å². The first-order chi connectivity index (χ1) is 7.16. The highest BCUT2D eigenvalue weighted by Gasteiger charge is 2.07. The van der Waals surface area contributed by atoms with Crippen molar-refractivity contribution in [2.24, 2.45) is 0 Å². The highest BCUT2D eigenvalue weighted by molar-refractivity contribution is 7.99. The zero-order chi connectivity index (χ0) is 10.8. The van der Waals surface area contributed by atoms with Gasteiger partial charge in [0.1, 0.15) is 6.33 Å². The summed E-state index contributed by atoms with van der Waals surface area (Å²) in [7, 11) is 0. The standard InChI is InChI=1S/C8H6Cl2N4S/c9-4-1-6(11)7(2-5(4)10)15-8-12-3-13-14-8/h1-3H,11H2,(H,12,13,14). The number of nitrogens with zero attached hydrogens (tertiary/aromatic N) is 2. The summed E-state index contributed by atoms with van der Waals surface area (Å²) in [5.74, 6) is 0. The lowest BCUT2D eigenvalue weighted by Gasteiger charge is -2.04. The number of hydrogen-bond acceptors (Lipinski definition) is 4. The molecule has 3 N–H and O–H groups in total. The van der Waals surface area contributed by atoms with Crippen LogP contribution in [-0.4, -0.2) is 15.2 Å². The van der Waals surface area contributed by atoms with Crippen LogP contribution >= 0.6 is 35.0 Å². The SMILES string of the molecule is Nc1cc(Cl)c(Cl)cc1Sc1ncn[nH]1. The summed E-state index contributed by atoms with van der Waals surface area (Å²) in [6.07, 6.45) is 1.43. The minimum absolute atomic E-state index is 0.441. The van der Waals surface area contributed by atoms with Crippen LogP contribution in [0.2, 0.25) is 10.0 Å². The van der Waals surface area contributed by atoms with Crippen molar-refractivity contribution in [3.8, 4) is 0 Å². The van der Waals surface area contributed by atoms with Crippen molar-refractivity contribution in [1.29, 1.82) is 0 Å². The summed E-state index contributed by atoms with van der Waals surface area (Å²) in [4.78, 5) is 4.76. The van der Waals surface area contributed by atoms with Gasteiger partial charge < -0.3 is 5.73 Å². The van der Waals surface area contributed by atoms with Crippen molar-refractivity contribution in [2.75, 3.05) is 5.73 Å². The first-order valence-electron chi connectivity index (χ1n) is 3.94. The van der Waals surface area contributed by atoms with Gasteiger partial charge >= 0.3 is 0 Å². The van der Waals surface area contributed by atoms with Crippen molar-refractivity contribution in [3.05, 3.63) is 28.5 Å². The molecule has 0 aliphatic carbocycles. The molecule has 1 aromatic carbocycles. The van der Waals surface area contributed by atoms with Crippen LogP contribution in [0.3, 0.4) is 0 Å². The smallest absolute Gasteiger partial charge is 0.188 e. The molecule has 78 valence electrons. The van der Waals surface area contributed by atoms with Crippen LogP contribution in [0.5, 0.6) is 0 Å². The molecule has 1 aromatic heterocycles. The average Bonchev–Trinajstić information content (AvgIpc) is 2.67. The molecule has 0 unspecified atom stereocenters. The molecule has 2 aromatic rings. The molecule has 0 saturated heterocycles. The number of rotatable bonds is 2. The van der Waals surface area contributed by atoms with E-state index in [9.17, 15) is 0 Å². The largest absolute Gasteiger partial charge is 0.398 e. The van der Waals surface area contributed by atoms with Crippen LogP contribution in [0.15, 0.2) is 28.5 Å². The lowest BCUT2D eigenvalue weighted by atomic mass is 10.3. The predicted molar refractivity (Wildman–Crippen MR) is 61.4 cm³/mol. The Balaban J connectivity index is 2.33. The fourth-order valence-corrected chi connectivity index (χ4v) is 2.14. The molecular formula is C8H6Cl2N4S. The molecule has 0 bridgehead atoms. The van der Waals surface area contributed by atoms with Gasteiger partial charge in [-0.25, -0.2) is 4.98 Å². The van der Waals surface area contributed by atoms with E-state index in [-0.39, 0.29) is 0 Å². The Hall–Kier alpha value is -0.910. The van der Waals surface area contributed by atoms with Gasteiger partial charge in [0.2, 0.25) is 0 Å². The Morgan fingerprint density at radius 3 is 2.67 bits per heavy atom. The monoisotopic (exact) mass is 260 g/mol. The summed E-state index contributed by atoms with van der Waals surface area (Å²) >= 11 is 13.0. The topological polar surface area (TPSA) is 67.6 Å². The van der Waals surface area contributed by atoms with E-state index in [2.05, 4.69) is 15.2 Å². The highest BCUT2D eigenvalue weighted by atomic mass is 35.5. The molecule has 4 nitrogen and oxygen atoms in total. The molecule has 7 heteroatoms. The Morgan fingerprint density at radius 2 is 2.00 bits per heavy atom. The van der Waals surface area contributed by atoms with E-state index in [0.717, 1.165) is 4.90 Å². The Morgan fingerprint density at radius 1 is 1.27 bits per heavy atom. The molecule has 0 amide bonds. The Bertz CT molecular complexity index is 472. The van der Waals surface area contributed by atoms with Crippen LogP contribution in [0.4, 0.5) is 5.69 Å². The van der Waals surface area contributed by atoms with Crippen LogP contribution in [0.1, 0.15) is 0 Å². The van der Waals surface area contributed by atoms with Crippen LogP contribution in [-0.2, 0) is 0 Å². The number of aromatic amines is 1. The fourth-order valence-electron chi connectivity index (χ4n) is 0.980. The first-order valence-corrected chi connectivity index (χ1v) is 5.52. The number of nitrogens with two attached hydrogens (primary N) is 1. The Kier molecular flexibility index (Phi) is 3.04. The van der Waals surface area contributed by atoms with Gasteiger partial charge in [0, 0.05) is 10.6 Å².